The van der Waals surface area contributed by atoms with Crippen LogP contribution in [-0.2, 0) is 9.59 Å². The summed E-state index contributed by atoms with van der Waals surface area (Å²) in [6.45, 7) is 1.96. The fourth-order valence-electron chi connectivity index (χ4n) is 1.83. The Morgan fingerprint density at radius 2 is 1.95 bits per heavy atom. The fourth-order valence-corrected chi connectivity index (χ4v) is 2.65. The first-order valence-electron chi connectivity index (χ1n) is 6.38. The largest absolute Gasteiger partial charge is 0.479 e. The Hall–Kier alpha value is -2.40. The van der Waals surface area contributed by atoms with Gasteiger partial charge in [-0.05, 0) is 35.6 Å². The normalized spacial score (nSPS) is 12.2. The molecule has 0 bridgehead atoms. The Morgan fingerprint density at radius 3 is 2.52 bits per heavy atom. The lowest BCUT2D eigenvalue weighted by atomic mass is 10.1. The third-order valence-corrected chi connectivity index (χ3v) is 3.94. The van der Waals surface area contributed by atoms with Crippen LogP contribution in [0.15, 0.2) is 47.9 Å². The molecule has 0 saturated carbocycles. The number of aliphatic carboxylic acids is 1. The van der Waals surface area contributed by atoms with Crippen LogP contribution in [0, 0.1) is 6.92 Å². The first-order chi connectivity index (χ1) is 10.1. The van der Waals surface area contributed by atoms with Gasteiger partial charge in [0.25, 0.3) is 0 Å². The van der Waals surface area contributed by atoms with Crippen molar-refractivity contribution in [3.05, 3.63) is 63.9 Å². The monoisotopic (exact) mass is 301 g/mol. The summed E-state index contributed by atoms with van der Waals surface area (Å²) in [4.78, 5) is 24.1. The Morgan fingerprint density at radius 1 is 1.24 bits per heavy atom. The molecule has 108 valence electrons. The molecule has 1 unspecified atom stereocenters. The van der Waals surface area contributed by atoms with Gasteiger partial charge >= 0.3 is 5.97 Å². The lowest BCUT2D eigenvalue weighted by molar-refractivity contribution is -0.141. The van der Waals surface area contributed by atoms with Gasteiger partial charge in [0.05, 0.1) is 0 Å². The van der Waals surface area contributed by atoms with E-state index in [4.69, 9.17) is 0 Å². The van der Waals surface area contributed by atoms with E-state index in [-0.39, 0.29) is 0 Å². The lowest BCUT2D eigenvalue weighted by Crippen LogP contribution is -2.32. The van der Waals surface area contributed by atoms with Crippen LogP contribution in [0.5, 0.6) is 0 Å². The van der Waals surface area contributed by atoms with Gasteiger partial charge in [0.2, 0.25) is 5.91 Å². The summed E-state index contributed by atoms with van der Waals surface area (Å²) in [5.41, 5.74) is 1.63. The minimum atomic E-state index is -1.09. The molecule has 1 aromatic heterocycles. The van der Waals surface area contributed by atoms with E-state index in [1.54, 1.807) is 36.4 Å². The van der Waals surface area contributed by atoms with E-state index in [0.717, 1.165) is 10.4 Å². The number of hydrogen-bond donors (Lipinski definition) is 2. The van der Waals surface area contributed by atoms with Crippen LogP contribution in [0.2, 0.25) is 0 Å². The Kier molecular flexibility index (Phi) is 4.90. The Labute approximate surface area is 126 Å². The van der Waals surface area contributed by atoms with E-state index >= 15 is 0 Å². The lowest BCUT2D eigenvalue weighted by Gasteiger charge is -2.13. The maximum atomic E-state index is 11.9. The van der Waals surface area contributed by atoms with Gasteiger partial charge in [-0.2, -0.15) is 0 Å². The van der Waals surface area contributed by atoms with Crippen molar-refractivity contribution in [2.75, 3.05) is 0 Å². The molecule has 0 spiro atoms. The van der Waals surface area contributed by atoms with E-state index in [1.165, 1.54) is 17.4 Å². The molecule has 0 aliphatic carbocycles. The standard InChI is InChI=1S/C16H15NO3S/c1-11-9-10-21-13(11)7-8-14(18)17-15(16(19)20)12-5-3-2-4-6-12/h2-10,15H,1H3,(H,17,18)(H,19,20)/b8-7+. The summed E-state index contributed by atoms with van der Waals surface area (Å²) in [6.07, 6.45) is 3.05. The van der Waals surface area contributed by atoms with Crippen molar-refractivity contribution in [3.63, 3.8) is 0 Å². The van der Waals surface area contributed by atoms with Crippen molar-refractivity contribution in [2.45, 2.75) is 13.0 Å². The average Bonchev–Trinajstić information content (AvgIpc) is 2.88. The van der Waals surface area contributed by atoms with Crippen LogP contribution >= 0.6 is 11.3 Å². The molecule has 0 aliphatic heterocycles. The summed E-state index contributed by atoms with van der Waals surface area (Å²) < 4.78 is 0. The highest BCUT2D eigenvalue weighted by Gasteiger charge is 2.20. The number of carboxylic acid groups (broad SMARTS) is 1. The number of carbonyl (C=O) groups is 2. The van der Waals surface area contributed by atoms with Crippen molar-refractivity contribution in [3.8, 4) is 0 Å². The number of amides is 1. The molecule has 0 fully saturated rings. The predicted molar refractivity (Wildman–Crippen MR) is 83.1 cm³/mol. The van der Waals surface area contributed by atoms with Gasteiger partial charge in [-0.3, -0.25) is 4.79 Å². The summed E-state index contributed by atoms with van der Waals surface area (Å²) in [7, 11) is 0. The molecule has 5 heteroatoms. The molecule has 0 saturated heterocycles. The third-order valence-electron chi connectivity index (χ3n) is 2.95. The molecule has 0 radical (unpaired) electrons. The molecule has 2 N–H and O–H groups in total. The molecule has 2 aromatic rings. The molecule has 0 aliphatic rings. The smallest absolute Gasteiger partial charge is 0.330 e. The average molecular weight is 301 g/mol. The van der Waals surface area contributed by atoms with Crippen molar-refractivity contribution in [1.29, 1.82) is 0 Å². The number of nitrogens with one attached hydrogen (secondary N) is 1. The van der Waals surface area contributed by atoms with Crippen molar-refractivity contribution in [2.24, 2.45) is 0 Å². The maximum absolute atomic E-state index is 11.9. The van der Waals surface area contributed by atoms with E-state index in [2.05, 4.69) is 5.32 Å². The van der Waals surface area contributed by atoms with E-state index in [1.807, 2.05) is 18.4 Å². The minimum absolute atomic E-state index is 0.431. The minimum Gasteiger partial charge on any atom is -0.479 e. The third kappa shape index (κ3) is 4.03. The molecular weight excluding hydrogens is 286 g/mol. The Bertz CT molecular complexity index is 661. The van der Waals surface area contributed by atoms with Gasteiger partial charge < -0.3 is 10.4 Å². The zero-order valence-electron chi connectivity index (χ0n) is 11.4. The second kappa shape index (κ2) is 6.85. The zero-order valence-corrected chi connectivity index (χ0v) is 12.3. The quantitative estimate of drug-likeness (QED) is 0.834. The van der Waals surface area contributed by atoms with Crippen molar-refractivity contribution >= 4 is 29.3 Å². The van der Waals surface area contributed by atoms with Gasteiger partial charge in [0.1, 0.15) is 0 Å². The molecule has 2 rings (SSSR count). The summed E-state index contributed by atoms with van der Waals surface area (Å²) in [6, 6.07) is 9.53. The first kappa shape index (κ1) is 15.0. The number of hydrogen-bond acceptors (Lipinski definition) is 3. The van der Waals surface area contributed by atoms with Crippen LogP contribution in [0.1, 0.15) is 22.0 Å². The van der Waals surface area contributed by atoms with Gasteiger partial charge in [0, 0.05) is 11.0 Å². The summed E-state index contributed by atoms with van der Waals surface area (Å²) in [5, 5.41) is 13.7. The van der Waals surface area contributed by atoms with Crippen molar-refractivity contribution < 1.29 is 14.7 Å². The van der Waals surface area contributed by atoms with E-state index in [9.17, 15) is 14.7 Å². The molecule has 21 heavy (non-hydrogen) atoms. The topological polar surface area (TPSA) is 66.4 Å². The number of rotatable bonds is 5. The zero-order chi connectivity index (χ0) is 15.2. The van der Waals surface area contributed by atoms with Gasteiger partial charge in [-0.15, -0.1) is 11.3 Å². The number of carboxylic acids is 1. The highest BCUT2D eigenvalue weighted by Crippen LogP contribution is 2.17. The maximum Gasteiger partial charge on any atom is 0.330 e. The Balaban J connectivity index is 2.08. The van der Waals surface area contributed by atoms with Crippen LogP contribution in [-0.4, -0.2) is 17.0 Å². The SMILES string of the molecule is Cc1ccsc1/C=C/C(=O)NC(C(=O)O)c1ccccc1. The highest BCUT2D eigenvalue weighted by molar-refractivity contribution is 7.11. The van der Waals surface area contributed by atoms with E-state index in [0.29, 0.717) is 5.56 Å². The fraction of sp³-hybridized carbons (Fsp3) is 0.125. The number of thiophene rings is 1. The predicted octanol–water partition coefficient (Wildman–Crippen LogP) is 3.01. The number of carbonyl (C=O) groups excluding carboxylic acids is 1. The molecule has 1 aromatic carbocycles. The van der Waals surface area contributed by atoms with Gasteiger partial charge in [-0.25, -0.2) is 4.79 Å². The highest BCUT2D eigenvalue weighted by atomic mass is 32.1. The van der Waals surface area contributed by atoms with Crippen LogP contribution in [0.4, 0.5) is 0 Å². The molecular formula is C16H15NO3S. The summed E-state index contributed by atoms with van der Waals surface area (Å²) >= 11 is 1.53. The molecule has 1 amide bonds. The van der Waals surface area contributed by atoms with Gasteiger partial charge in [0.15, 0.2) is 6.04 Å². The van der Waals surface area contributed by atoms with E-state index < -0.39 is 17.9 Å². The number of aryl methyl sites for hydroxylation is 1. The van der Waals surface area contributed by atoms with Crippen molar-refractivity contribution in [1.82, 2.24) is 5.32 Å². The molecule has 4 nitrogen and oxygen atoms in total. The molecule has 1 atom stereocenters. The van der Waals surface area contributed by atoms with Crippen LogP contribution in [0.3, 0.4) is 0 Å². The van der Waals surface area contributed by atoms with Crippen LogP contribution < -0.4 is 5.32 Å². The second-order valence-corrected chi connectivity index (χ2v) is 5.44. The second-order valence-electron chi connectivity index (χ2n) is 4.49. The van der Waals surface area contributed by atoms with Gasteiger partial charge in [-0.1, -0.05) is 30.3 Å². The number of benzene rings is 1. The van der Waals surface area contributed by atoms with Crippen LogP contribution in [0.25, 0.3) is 6.08 Å². The first-order valence-corrected chi connectivity index (χ1v) is 7.26. The molecule has 1 heterocycles. The summed E-state index contributed by atoms with van der Waals surface area (Å²) in [5.74, 6) is -1.52.